The molecule has 2 heterocycles. The molecule has 38 heavy (non-hydrogen) atoms. The smallest absolute Gasteiger partial charge is 0.410 e. The number of carbonyl (C=O) groups excluding carboxylic acids is 3. The zero-order valence-electron chi connectivity index (χ0n) is 22.1. The quantitative estimate of drug-likeness (QED) is 0.484. The molecule has 2 aliphatic rings. The highest BCUT2D eigenvalue weighted by atomic mass is 16.6. The maximum Gasteiger partial charge on any atom is 0.410 e. The zero-order chi connectivity index (χ0) is 26.9. The third-order valence-electron chi connectivity index (χ3n) is 7.13. The van der Waals surface area contributed by atoms with Crippen LogP contribution in [0, 0.1) is 11.8 Å². The monoisotopic (exact) mass is 514 g/mol. The highest BCUT2D eigenvalue weighted by molar-refractivity contribution is 5.97. The van der Waals surface area contributed by atoms with Gasteiger partial charge < -0.3 is 20.3 Å². The summed E-state index contributed by atoms with van der Waals surface area (Å²) in [5.74, 6) is 0.175. The summed E-state index contributed by atoms with van der Waals surface area (Å²) in [5, 5.41) is 8.09. The van der Waals surface area contributed by atoms with E-state index in [0.717, 1.165) is 34.9 Å². The lowest BCUT2D eigenvalue weighted by Crippen LogP contribution is -2.36. The molecular formula is C30H34N4O4. The van der Waals surface area contributed by atoms with Crippen molar-refractivity contribution in [1.29, 1.82) is 0 Å². The highest BCUT2D eigenvalue weighted by Gasteiger charge is 2.44. The first kappa shape index (κ1) is 25.7. The molecule has 3 unspecified atom stereocenters. The number of ether oxygens (including phenoxy) is 1. The molecule has 1 aliphatic carbocycles. The van der Waals surface area contributed by atoms with Crippen molar-refractivity contribution in [3.63, 3.8) is 0 Å². The van der Waals surface area contributed by atoms with Gasteiger partial charge in [0.2, 0.25) is 5.91 Å². The Bertz CT molecular complexity index is 1350. The maximum absolute atomic E-state index is 12.8. The number of hydrogen-bond donors (Lipinski definition) is 2. The van der Waals surface area contributed by atoms with Crippen LogP contribution < -0.4 is 10.6 Å². The Morgan fingerprint density at radius 3 is 2.61 bits per heavy atom. The average molecular weight is 515 g/mol. The predicted molar refractivity (Wildman–Crippen MR) is 146 cm³/mol. The van der Waals surface area contributed by atoms with E-state index in [1.807, 2.05) is 69.3 Å². The number of benzene rings is 2. The van der Waals surface area contributed by atoms with Crippen LogP contribution >= 0.6 is 0 Å². The van der Waals surface area contributed by atoms with E-state index in [4.69, 9.17) is 4.74 Å². The van der Waals surface area contributed by atoms with Crippen LogP contribution in [0.2, 0.25) is 0 Å². The summed E-state index contributed by atoms with van der Waals surface area (Å²) in [7, 11) is 0. The molecule has 2 N–H and O–H groups in total. The molecule has 0 bridgehead atoms. The lowest BCUT2D eigenvalue weighted by atomic mass is 10.1. The number of fused-ring (bicyclic) bond motifs is 1. The predicted octanol–water partition coefficient (Wildman–Crippen LogP) is 4.96. The number of aromatic nitrogens is 1. The van der Waals surface area contributed by atoms with E-state index in [9.17, 15) is 14.4 Å². The molecule has 1 saturated carbocycles. The summed E-state index contributed by atoms with van der Waals surface area (Å²) in [4.78, 5) is 43.6. The van der Waals surface area contributed by atoms with Crippen molar-refractivity contribution >= 4 is 34.4 Å². The van der Waals surface area contributed by atoms with Crippen molar-refractivity contribution in [2.75, 3.05) is 25.0 Å². The summed E-state index contributed by atoms with van der Waals surface area (Å²) in [6, 6.07) is 15.2. The van der Waals surface area contributed by atoms with E-state index >= 15 is 0 Å². The van der Waals surface area contributed by atoms with Crippen LogP contribution in [-0.2, 0) is 9.53 Å². The number of amides is 3. The minimum absolute atomic E-state index is 0.0159. The first-order valence-electron chi connectivity index (χ1n) is 13.2. The third kappa shape index (κ3) is 6.13. The zero-order valence-corrected chi connectivity index (χ0v) is 22.1. The molecule has 2 aromatic carbocycles. The van der Waals surface area contributed by atoms with Gasteiger partial charge in [-0.15, -0.1) is 0 Å². The van der Waals surface area contributed by atoms with Crippen LogP contribution in [0.25, 0.3) is 10.8 Å². The molecule has 0 spiro atoms. The first-order valence-corrected chi connectivity index (χ1v) is 13.2. The molecule has 0 radical (unpaired) electrons. The Balaban J connectivity index is 1.08. The fourth-order valence-electron chi connectivity index (χ4n) is 4.96. The van der Waals surface area contributed by atoms with Crippen molar-refractivity contribution in [3.8, 4) is 0 Å². The van der Waals surface area contributed by atoms with Gasteiger partial charge >= 0.3 is 6.09 Å². The number of hydrogen-bond acceptors (Lipinski definition) is 5. The second-order valence-electron chi connectivity index (χ2n) is 11.3. The number of rotatable bonds is 6. The van der Waals surface area contributed by atoms with E-state index < -0.39 is 5.60 Å². The number of anilines is 1. The van der Waals surface area contributed by atoms with Gasteiger partial charge in [-0.05, 0) is 86.7 Å². The molecular weight excluding hydrogens is 480 g/mol. The SMILES string of the molecule is CC(C)(C)OC(=O)N1CCC(CNC(=O)c2ccc(C3CC3C(=O)Nc3ccc4cnccc4c3)cc2)C1. The molecule has 1 aromatic heterocycles. The second kappa shape index (κ2) is 10.4. The average Bonchev–Trinajstić information content (AvgIpc) is 3.55. The normalized spacial score (nSPS) is 20.7. The molecule has 3 amide bonds. The van der Waals surface area contributed by atoms with Crippen LogP contribution in [0.5, 0.6) is 0 Å². The summed E-state index contributed by atoms with van der Waals surface area (Å²) >= 11 is 0. The third-order valence-corrected chi connectivity index (χ3v) is 7.13. The number of likely N-dealkylation sites (tertiary alicyclic amines) is 1. The van der Waals surface area contributed by atoms with Gasteiger partial charge in [-0.1, -0.05) is 18.2 Å². The molecule has 198 valence electrons. The van der Waals surface area contributed by atoms with Crippen LogP contribution in [0.4, 0.5) is 10.5 Å². The van der Waals surface area contributed by atoms with E-state index in [1.54, 1.807) is 17.3 Å². The molecule has 8 nitrogen and oxygen atoms in total. The molecule has 2 fully saturated rings. The van der Waals surface area contributed by atoms with Gasteiger partial charge in [-0.3, -0.25) is 14.6 Å². The summed E-state index contributed by atoms with van der Waals surface area (Å²) < 4.78 is 5.44. The summed E-state index contributed by atoms with van der Waals surface area (Å²) in [5.41, 5.74) is 1.91. The van der Waals surface area contributed by atoms with Crippen molar-refractivity contribution in [2.24, 2.45) is 11.8 Å². The minimum Gasteiger partial charge on any atom is -0.444 e. The van der Waals surface area contributed by atoms with Gasteiger partial charge in [0.25, 0.3) is 5.91 Å². The number of carbonyl (C=O) groups is 3. The van der Waals surface area contributed by atoms with Gasteiger partial charge in [-0.2, -0.15) is 0 Å². The van der Waals surface area contributed by atoms with Crippen molar-refractivity contribution in [3.05, 3.63) is 72.1 Å². The Morgan fingerprint density at radius 2 is 1.84 bits per heavy atom. The van der Waals surface area contributed by atoms with E-state index in [-0.39, 0.29) is 35.7 Å². The van der Waals surface area contributed by atoms with Crippen LogP contribution in [0.3, 0.4) is 0 Å². The first-order chi connectivity index (χ1) is 18.2. The summed E-state index contributed by atoms with van der Waals surface area (Å²) in [6.07, 6.45) is 4.87. The highest BCUT2D eigenvalue weighted by Crippen LogP contribution is 2.48. The number of nitrogens with zero attached hydrogens (tertiary/aromatic N) is 2. The van der Waals surface area contributed by atoms with Crippen molar-refractivity contribution < 1.29 is 19.1 Å². The fourth-order valence-corrected chi connectivity index (χ4v) is 4.96. The molecule has 1 aliphatic heterocycles. The van der Waals surface area contributed by atoms with Crippen molar-refractivity contribution in [2.45, 2.75) is 45.1 Å². The molecule has 5 rings (SSSR count). The standard InChI is InChI=1S/C30H34N4O4/c1-30(2,3)38-29(37)34-13-11-19(18-34)16-32-27(35)21-6-4-20(5-7-21)25-15-26(25)28(36)33-24-9-8-23-17-31-12-10-22(23)14-24/h4-10,12,14,17,19,25-26H,11,13,15-16,18H2,1-3H3,(H,32,35)(H,33,36). The van der Waals surface area contributed by atoms with Gasteiger partial charge in [-0.25, -0.2) is 4.79 Å². The van der Waals surface area contributed by atoms with Gasteiger partial charge in [0.15, 0.2) is 0 Å². The van der Waals surface area contributed by atoms with Gasteiger partial charge in [0.1, 0.15) is 5.60 Å². The Labute approximate surface area is 222 Å². The largest absolute Gasteiger partial charge is 0.444 e. The Hall–Kier alpha value is -3.94. The number of nitrogens with one attached hydrogen (secondary N) is 2. The Morgan fingerprint density at radius 1 is 1.05 bits per heavy atom. The fraction of sp³-hybridized carbons (Fsp3) is 0.400. The van der Waals surface area contributed by atoms with E-state index in [1.165, 1.54) is 0 Å². The second-order valence-corrected chi connectivity index (χ2v) is 11.3. The molecule has 3 atom stereocenters. The molecule has 3 aromatic rings. The minimum atomic E-state index is -0.519. The summed E-state index contributed by atoms with van der Waals surface area (Å²) in [6.45, 7) is 7.29. The number of pyridine rings is 1. The van der Waals surface area contributed by atoms with Crippen molar-refractivity contribution in [1.82, 2.24) is 15.2 Å². The molecule has 1 saturated heterocycles. The topological polar surface area (TPSA) is 101 Å². The lowest BCUT2D eigenvalue weighted by molar-refractivity contribution is -0.117. The van der Waals surface area contributed by atoms with E-state index in [2.05, 4.69) is 15.6 Å². The maximum atomic E-state index is 12.8. The Kier molecular flexibility index (Phi) is 7.06. The van der Waals surface area contributed by atoms with Crippen LogP contribution in [-0.4, -0.2) is 53.0 Å². The van der Waals surface area contributed by atoms with Gasteiger partial charge in [0, 0.05) is 54.6 Å². The van der Waals surface area contributed by atoms with E-state index in [0.29, 0.717) is 25.2 Å². The lowest BCUT2D eigenvalue weighted by Gasteiger charge is -2.24. The van der Waals surface area contributed by atoms with Crippen LogP contribution in [0.1, 0.15) is 55.5 Å². The van der Waals surface area contributed by atoms with Gasteiger partial charge in [0.05, 0.1) is 0 Å². The molecule has 8 heteroatoms. The van der Waals surface area contributed by atoms with Crippen LogP contribution in [0.15, 0.2) is 60.9 Å².